The lowest BCUT2D eigenvalue weighted by molar-refractivity contribution is 0.158. The molecule has 0 saturated heterocycles. The lowest BCUT2D eigenvalue weighted by atomic mass is 10.3. The van der Waals surface area contributed by atoms with Crippen molar-refractivity contribution >= 4 is 27.6 Å². The molecule has 0 aliphatic heterocycles. The van der Waals surface area contributed by atoms with E-state index in [1.165, 1.54) is 11.3 Å². The van der Waals surface area contributed by atoms with Crippen molar-refractivity contribution in [3.8, 4) is 11.8 Å². The maximum atomic E-state index is 11.5. The molecular weight excluding hydrogens is 304 g/mol. The Morgan fingerprint density at radius 2 is 2.30 bits per heavy atom. The molecule has 1 aromatic heterocycles. The number of hydrogen-bond donors (Lipinski definition) is 3. The topological polar surface area (TPSA) is 105 Å². The van der Waals surface area contributed by atoms with Crippen molar-refractivity contribution < 1.29 is 23.1 Å². The molecule has 1 aromatic rings. The Bertz CT molecular complexity index is 612. The average Bonchev–Trinajstić information content (AvgIpc) is 2.81. The molecule has 0 fully saturated rings. The summed E-state index contributed by atoms with van der Waals surface area (Å²) in [6.45, 7) is 1.45. The van der Waals surface area contributed by atoms with Crippen LogP contribution in [0.1, 0.15) is 17.4 Å². The minimum absolute atomic E-state index is 0.0280. The third kappa shape index (κ3) is 6.03. The molecule has 0 aromatic carbocycles. The Hall–Kier alpha value is -1.60. The molecule has 0 radical (unpaired) electrons. The first-order valence-electron chi connectivity index (χ1n) is 5.58. The predicted molar refractivity (Wildman–Crippen MR) is 74.2 cm³/mol. The van der Waals surface area contributed by atoms with E-state index < -0.39 is 16.3 Å². The number of rotatable bonds is 5. The minimum atomic E-state index is -3.95. The van der Waals surface area contributed by atoms with E-state index in [9.17, 15) is 13.2 Å². The summed E-state index contributed by atoms with van der Waals surface area (Å²) >= 11 is 1.31. The maximum Gasteiger partial charge on any atom is 0.421 e. The Morgan fingerprint density at radius 1 is 1.55 bits per heavy atom. The van der Waals surface area contributed by atoms with E-state index >= 15 is 0 Å². The van der Waals surface area contributed by atoms with E-state index in [4.69, 9.17) is 5.11 Å². The van der Waals surface area contributed by atoms with Gasteiger partial charge in [-0.25, -0.2) is 9.52 Å². The van der Waals surface area contributed by atoms with E-state index in [1.807, 2.05) is 0 Å². The molecule has 110 valence electrons. The second-order valence-corrected chi connectivity index (χ2v) is 5.90. The highest BCUT2D eigenvalue weighted by Crippen LogP contribution is 2.13. The lowest BCUT2D eigenvalue weighted by Gasteiger charge is -2.06. The van der Waals surface area contributed by atoms with Gasteiger partial charge in [0.1, 0.15) is 6.61 Å². The number of ether oxygens (including phenoxy) is 1. The molecule has 0 saturated carbocycles. The molecule has 0 aliphatic carbocycles. The number of carbonyl (C=O) groups is 1. The number of amides is 1. The molecule has 9 heteroatoms. The van der Waals surface area contributed by atoms with Crippen LogP contribution in [-0.4, -0.2) is 32.8 Å². The van der Waals surface area contributed by atoms with Gasteiger partial charge in [-0.15, -0.1) is 11.3 Å². The minimum Gasteiger partial charge on any atom is -0.449 e. The van der Waals surface area contributed by atoms with Crippen molar-refractivity contribution in [2.24, 2.45) is 0 Å². The van der Waals surface area contributed by atoms with Crippen molar-refractivity contribution in [3.05, 3.63) is 21.9 Å². The predicted octanol–water partition coefficient (Wildman–Crippen LogP) is 0.172. The van der Waals surface area contributed by atoms with Gasteiger partial charge in [0.15, 0.2) is 0 Å². The van der Waals surface area contributed by atoms with Gasteiger partial charge in [-0.1, -0.05) is 11.8 Å². The summed E-state index contributed by atoms with van der Waals surface area (Å²) in [4.78, 5) is 11.7. The van der Waals surface area contributed by atoms with Crippen molar-refractivity contribution in [1.82, 2.24) is 9.44 Å². The number of nitrogens with one attached hydrogen (secondary N) is 2. The Kier molecular flexibility index (Phi) is 6.47. The van der Waals surface area contributed by atoms with Gasteiger partial charge in [0, 0.05) is 22.4 Å². The van der Waals surface area contributed by atoms with Crippen LogP contribution in [0.4, 0.5) is 4.79 Å². The lowest BCUT2D eigenvalue weighted by Crippen LogP contribution is -2.40. The zero-order valence-electron chi connectivity index (χ0n) is 10.7. The molecule has 1 heterocycles. The average molecular weight is 318 g/mol. The van der Waals surface area contributed by atoms with Gasteiger partial charge < -0.3 is 9.84 Å². The fraction of sp³-hybridized carbons (Fsp3) is 0.364. The zero-order valence-corrected chi connectivity index (χ0v) is 12.3. The summed E-state index contributed by atoms with van der Waals surface area (Å²) in [5.41, 5.74) is 0.691. The monoisotopic (exact) mass is 318 g/mol. The molecule has 7 nitrogen and oxygen atoms in total. The third-order valence-electron chi connectivity index (χ3n) is 1.90. The number of aliphatic hydroxyl groups excluding tert-OH is 1. The summed E-state index contributed by atoms with van der Waals surface area (Å²) in [5.74, 6) is 5.19. The van der Waals surface area contributed by atoms with Crippen LogP contribution in [0.25, 0.3) is 0 Å². The van der Waals surface area contributed by atoms with E-state index in [2.05, 4.69) is 21.3 Å². The van der Waals surface area contributed by atoms with Gasteiger partial charge in [0.05, 0.1) is 6.61 Å². The maximum absolute atomic E-state index is 11.5. The molecule has 0 atom stereocenters. The van der Waals surface area contributed by atoms with Gasteiger partial charge in [-0.05, 0) is 13.0 Å². The Labute approximate surface area is 121 Å². The highest BCUT2D eigenvalue weighted by Gasteiger charge is 2.14. The largest absolute Gasteiger partial charge is 0.449 e. The summed E-state index contributed by atoms with van der Waals surface area (Å²) in [6, 6.07) is 1.69. The van der Waals surface area contributed by atoms with Gasteiger partial charge in [0.25, 0.3) is 0 Å². The van der Waals surface area contributed by atoms with Gasteiger partial charge in [-0.3, -0.25) is 0 Å². The van der Waals surface area contributed by atoms with Crippen molar-refractivity contribution in [3.63, 3.8) is 0 Å². The molecule has 20 heavy (non-hydrogen) atoms. The fourth-order valence-corrected chi connectivity index (χ4v) is 2.70. The van der Waals surface area contributed by atoms with Crippen LogP contribution < -0.4 is 9.44 Å². The van der Waals surface area contributed by atoms with Gasteiger partial charge in [0.2, 0.25) is 0 Å². The first-order valence-corrected chi connectivity index (χ1v) is 7.94. The van der Waals surface area contributed by atoms with Crippen LogP contribution in [0.15, 0.2) is 11.4 Å². The fourth-order valence-electron chi connectivity index (χ4n) is 1.15. The van der Waals surface area contributed by atoms with Crippen LogP contribution in [0, 0.1) is 11.8 Å². The van der Waals surface area contributed by atoms with Crippen molar-refractivity contribution in [2.45, 2.75) is 13.5 Å². The van der Waals surface area contributed by atoms with Crippen molar-refractivity contribution in [1.29, 1.82) is 0 Å². The smallest absolute Gasteiger partial charge is 0.421 e. The molecule has 1 amide bonds. The van der Waals surface area contributed by atoms with Crippen LogP contribution in [0.2, 0.25) is 0 Å². The van der Waals surface area contributed by atoms with Crippen LogP contribution in [0.3, 0.4) is 0 Å². The summed E-state index contributed by atoms with van der Waals surface area (Å²) < 4.78 is 31.4. The summed E-state index contributed by atoms with van der Waals surface area (Å²) in [5, 5.41) is 10.3. The summed E-state index contributed by atoms with van der Waals surface area (Å²) in [6.07, 6.45) is -1.03. The molecule has 3 N–H and O–H groups in total. The van der Waals surface area contributed by atoms with Gasteiger partial charge in [-0.2, -0.15) is 13.1 Å². The standard InChI is InChI=1S/C11H14N2O5S2/c1-2-18-11(15)13-20(16,17)12-7-10-6-9(8-19-10)4-3-5-14/h6,8,12,14H,2,5,7H2,1H3,(H,13,15). The van der Waals surface area contributed by atoms with Crippen LogP contribution in [0.5, 0.6) is 0 Å². The molecule has 0 aliphatic rings. The van der Waals surface area contributed by atoms with E-state index in [1.54, 1.807) is 23.1 Å². The highest BCUT2D eigenvalue weighted by atomic mass is 32.2. The van der Waals surface area contributed by atoms with E-state index in [0.717, 1.165) is 4.88 Å². The van der Waals surface area contributed by atoms with Crippen LogP contribution in [-0.2, 0) is 21.5 Å². The first-order chi connectivity index (χ1) is 9.46. The highest BCUT2D eigenvalue weighted by molar-refractivity contribution is 7.88. The van der Waals surface area contributed by atoms with E-state index in [0.29, 0.717) is 5.56 Å². The zero-order chi connectivity index (χ0) is 15.0. The second-order valence-electron chi connectivity index (χ2n) is 3.41. The quantitative estimate of drug-likeness (QED) is 0.671. The molecule has 0 bridgehead atoms. The summed E-state index contributed by atoms with van der Waals surface area (Å²) in [7, 11) is -3.95. The molecular formula is C11H14N2O5S2. The van der Waals surface area contributed by atoms with Crippen molar-refractivity contribution in [2.75, 3.05) is 13.2 Å². The molecule has 0 unspecified atom stereocenters. The second kappa shape index (κ2) is 7.86. The van der Waals surface area contributed by atoms with Crippen LogP contribution >= 0.6 is 11.3 Å². The normalized spacial score (nSPS) is 10.5. The Balaban J connectivity index is 2.53. The third-order valence-corrected chi connectivity index (χ3v) is 3.79. The van der Waals surface area contributed by atoms with E-state index in [-0.39, 0.29) is 19.8 Å². The van der Waals surface area contributed by atoms with Gasteiger partial charge >= 0.3 is 16.3 Å². The molecule has 1 rings (SSSR count). The number of hydrogen-bond acceptors (Lipinski definition) is 6. The first kappa shape index (κ1) is 16.5. The SMILES string of the molecule is CCOC(=O)NS(=O)(=O)NCc1cc(C#CCO)cs1. The Morgan fingerprint density at radius 3 is 2.95 bits per heavy atom. The number of carbonyl (C=O) groups excluding carboxylic acids is 1. The number of aliphatic hydroxyl groups is 1. The molecule has 0 spiro atoms. The number of thiophene rings is 1.